The lowest BCUT2D eigenvalue weighted by atomic mass is 9.77. The third-order valence-corrected chi connectivity index (χ3v) is 6.17. The number of hydrogen-bond acceptors (Lipinski definition) is 3. The van der Waals surface area contributed by atoms with E-state index in [0.717, 1.165) is 44.1 Å². The smallest absolute Gasteiger partial charge is 0.257 e. The number of nitrogens with one attached hydrogen (secondary N) is 1. The van der Waals surface area contributed by atoms with E-state index in [1.807, 2.05) is 0 Å². The first-order valence-corrected chi connectivity index (χ1v) is 9.97. The predicted molar refractivity (Wildman–Crippen MR) is 102 cm³/mol. The minimum absolute atomic E-state index is 0.0305. The summed E-state index contributed by atoms with van der Waals surface area (Å²) in [6.45, 7) is 1.22. The number of carbonyl (C=O) groups is 2. The number of rotatable bonds is 4. The Labute approximate surface area is 163 Å². The highest BCUT2D eigenvalue weighted by Gasteiger charge is 2.43. The molecule has 4 rings (SSSR count). The normalized spacial score (nSPS) is 19.5. The first-order chi connectivity index (χ1) is 13.6. The lowest BCUT2D eigenvalue weighted by molar-refractivity contribution is -0.127. The van der Waals surface area contributed by atoms with Crippen LogP contribution in [0.1, 0.15) is 54.4 Å². The van der Waals surface area contributed by atoms with Gasteiger partial charge in [0.2, 0.25) is 5.91 Å². The molecular formula is C22H25FN2O3. The third kappa shape index (κ3) is 3.55. The van der Waals surface area contributed by atoms with Gasteiger partial charge in [-0.25, -0.2) is 4.39 Å². The summed E-state index contributed by atoms with van der Waals surface area (Å²) >= 11 is 0. The number of benzene rings is 1. The van der Waals surface area contributed by atoms with E-state index in [-0.39, 0.29) is 23.7 Å². The van der Waals surface area contributed by atoms with Crippen LogP contribution in [-0.4, -0.2) is 35.8 Å². The Kier molecular flexibility index (Phi) is 5.20. The summed E-state index contributed by atoms with van der Waals surface area (Å²) < 4.78 is 18.3. The Balaban J connectivity index is 1.39. The molecule has 2 amide bonds. The van der Waals surface area contributed by atoms with Crippen molar-refractivity contribution in [1.82, 2.24) is 10.2 Å². The van der Waals surface area contributed by atoms with Gasteiger partial charge in [0, 0.05) is 19.1 Å². The van der Waals surface area contributed by atoms with Crippen LogP contribution in [0.2, 0.25) is 0 Å². The summed E-state index contributed by atoms with van der Waals surface area (Å²) in [6, 6.07) is 8.08. The van der Waals surface area contributed by atoms with E-state index in [1.54, 1.807) is 23.1 Å². The van der Waals surface area contributed by atoms with Gasteiger partial charge in [0.25, 0.3) is 5.91 Å². The molecule has 2 aromatic rings. The molecule has 148 valence electrons. The average Bonchev–Trinajstić information content (AvgIpc) is 3.41. The molecule has 0 atom stereocenters. The molecule has 1 saturated carbocycles. The molecule has 5 nitrogen and oxygen atoms in total. The minimum Gasteiger partial charge on any atom is -0.472 e. The van der Waals surface area contributed by atoms with Crippen LogP contribution in [0.3, 0.4) is 0 Å². The fraction of sp³-hybridized carbons (Fsp3) is 0.455. The molecule has 0 spiro atoms. The minimum atomic E-state index is -0.558. The molecule has 2 aliphatic rings. The zero-order valence-corrected chi connectivity index (χ0v) is 15.8. The van der Waals surface area contributed by atoms with E-state index in [9.17, 15) is 14.0 Å². The standard InChI is InChI=1S/C22H25FN2O3/c23-18-5-3-17(4-6-18)22(10-1-2-11-22)21(27)24-19-7-12-25(13-8-19)20(26)16-9-14-28-15-16/h3-6,9,14-15,19H,1-2,7-8,10-13H2,(H,24,27). The van der Waals surface area contributed by atoms with E-state index in [4.69, 9.17) is 4.42 Å². The monoisotopic (exact) mass is 384 g/mol. The maximum absolute atomic E-state index is 13.3. The van der Waals surface area contributed by atoms with Gasteiger partial charge in [0.1, 0.15) is 12.1 Å². The van der Waals surface area contributed by atoms with Crippen molar-refractivity contribution in [3.05, 3.63) is 59.8 Å². The second-order valence-corrected chi connectivity index (χ2v) is 7.85. The fourth-order valence-corrected chi connectivity index (χ4v) is 4.51. The molecule has 0 unspecified atom stereocenters. The quantitative estimate of drug-likeness (QED) is 0.875. The van der Waals surface area contributed by atoms with Gasteiger partial charge < -0.3 is 14.6 Å². The number of halogens is 1. The second kappa shape index (κ2) is 7.78. The van der Waals surface area contributed by atoms with Crippen LogP contribution in [0, 0.1) is 5.82 Å². The molecule has 28 heavy (non-hydrogen) atoms. The molecule has 6 heteroatoms. The molecule has 1 aliphatic heterocycles. The predicted octanol–water partition coefficient (Wildman–Crippen LogP) is 3.65. The zero-order chi connectivity index (χ0) is 19.6. The van der Waals surface area contributed by atoms with Crippen molar-refractivity contribution in [2.75, 3.05) is 13.1 Å². The van der Waals surface area contributed by atoms with Crippen LogP contribution >= 0.6 is 0 Å². The van der Waals surface area contributed by atoms with Crippen molar-refractivity contribution >= 4 is 11.8 Å². The van der Waals surface area contributed by atoms with Gasteiger partial charge >= 0.3 is 0 Å². The Hall–Kier alpha value is -2.63. The number of nitrogens with zero attached hydrogens (tertiary/aromatic N) is 1. The highest BCUT2D eigenvalue weighted by molar-refractivity contribution is 5.94. The molecule has 1 aromatic heterocycles. The van der Waals surface area contributed by atoms with Crippen molar-refractivity contribution < 1.29 is 18.4 Å². The SMILES string of the molecule is O=C(c1ccoc1)N1CCC(NC(=O)C2(c3ccc(F)cc3)CCCC2)CC1. The van der Waals surface area contributed by atoms with Crippen molar-refractivity contribution in [3.63, 3.8) is 0 Å². The highest BCUT2D eigenvalue weighted by atomic mass is 19.1. The van der Waals surface area contributed by atoms with E-state index >= 15 is 0 Å². The van der Waals surface area contributed by atoms with Crippen LogP contribution in [0.5, 0.6) is 0 Å². The summed E-state index contributed by atoms with van der Waals surface area (Å²) in [5.41, 5.74) is 0.900. The molecule has 2 fully saturated rings. The Morgan fingerprint density at radius 2 is 1.75 bits per heavy atom. The lowest BCUT2D eigenvalue weighted by Crippen LogP contribution is -2.51. The van der Waals surface area contributed by atoms with E-state index in [1.165, 1.54) is 24.7 Å². The van der Waals surface area contributed by atoms with E-state index < -0.39 is 5.41 Å². The van der Waals surface area contributed by atoms with Crippen molar-refractivity contribution in [2.45, 2.75) is 50.0 Å². The average molecular weight is 384 g/mol. The summed E-state index contributed by atoms with van der Waals surface area (Å²) in [4.78, 5) is 27.4. The van der Waals surface area contributed by atoms with Crippen molar-refractivity contribution in [3.8, 4) is 0 Å². The van der Waals surface area contributed by atoms with Crippen molar-refractivity contribution in [2.24, 2.45) is 0 Å². The maximum Gasteiger partial charge on any atom is 0.257 e. The number of hydrogen-bond donors (Lipinski definition) is 1. The van der Waals surface area contributed by atoms with Gasteiger partial charge in [-0.05, 0) is 49.4 Å². The number of carbonyl (C=O) groups excluding carboxylic acids is 2. The third-order valence-electron chi connectivity index (χ3n) is 6.17. The largest absolute Gasteiger partial charge is 0.472 e. The van der Waals surface area contributed by atoms with Crippen LogP contribution < -0.4 is 5.32 Å². The molecule has 1 aromatic carbocycles. The number of amides is 2. The van der Waals surface area contributed by atoms with Gasteiger partial charge in [0.05, 0.1) is 17.2 Å². The van der Waals surface area contributed by atoms with Crippen molar-refractivity contribution in [1.29, 1.82) is 0 Å². The Morgan fingerprint density at radius 3 is 2.36 bits per heavy atom. The molecule has 0 radical (unpaired) electrons. The molecule has 1 saturated heterocycles. The lowest BCUT2D eigenvalue weighted by Gasteiger charge is -2.35. The van der Waals surface area contributed by atoms with Crippen LogP contribution in [0.4, 0.5) is 4.39 Å². The Morgan fingerprint density at radius 1 is 1.07 bits per heavy atom. The van der Waals surface area contributed by atoms with Gasteiger partial charge in [-0.15, -0.1) is 0 Å². The summed E-state index contributed by atoms with van der Waals surface area (Å²) in [5, 5.41) is 3.22. The van der Waals surface area contributed by atoms with Gasteiger partial charge in [0.15, 0.2) is 0 Å². The molecule has 2 heterocycles. The van der Waals surface area contributed by atoms with Crippen LogP contribution in [-0.2, 0) is 10.2 Å². The molecule has 1 aliphatic carbocycles. The Bertz CT molecular complexity index is 818. The fourth-order valence-electron chi connectivity index (χ4n) is 4.51. The summed E-state index contributed by atoms with van der Waals surface area (Å²) in [6.07, 6.45) is 8.01. The second-order valence-electron chi connectivity index (χ2n) is 7.85. The van der Waals surface area contributed by atoms with Crippen LogP contribution in [0.25, 0.3) is 0 Å². The molecular weight excluding hydrogens is 359 g/mol. The van der Waals surface area contributed by atoms with Crippen LogP contribution in [0.15, 0.2) is 47.3 Å². The number of likely N-dealkylation sites (tertiary alicyclic amines) is 1. The van der Waals surface area contributed by atoms with Gasteiger partial charge in [-0.3, -0.25) is 9.59 Å². The summed E-state index contributed by atoms with van der Waals surface area (Å²) in [5.74, 6) is -0.278. The highest BCUT2D eigenvalue weighted by Crippen LogP contribution is 2.41. The van der Waals surface area contributed by atoms with Gasteiger partial charge in [-0.2, -0.15) is 0 Å². The topological polar surface area (TPSA) is 62.6 Å². The summed E-state index contributed by atoms with van der Waals surface area (Å²) in [7, 11) is 0. The number of piperidine rings is 1. The molecule has 0 bridgehead atoms. The van der Waals surface area contributed by atoms with E-state index in [0.29, 0.717) is 18.7 Å². The molecule has 1 N–H and O–H groups in total. The van der Waals surface area contributed by atoms with Gasteiger partial charge in [-0.1, -0.05) is 25.0 Å². The zero-order valence-electron chi connectivity index (χ0n) is 15.8. The first-order valence-electron chi connectivity index (χ1n) is 9.97. The first kappa shape index (κ1) is 18.7. The maximum atomic E-state index is 13.3. The van der Waals surface area contributed by atoms with E-state index in [2.05, 4.69) is 5.32 Å². The number of furan rings is 1.